The Bertz CT molecular complexity index is 853. The van der Waals surface area contributed by atoms with Crippen molar-refractivity contribution in [3.8, 4) is 5.75 Å². The maximum absolute atomic E-state index is 10.6. The summed E-state index contributed by atoms with van der Waals surface area (Å²) in [7, 11) is 0. The van der Waals surface area contributed by atoms with Gasteiger partial charge in [-0.15, -0.1) is 12.4 Å². The lowest BCUT2D eigenvalue weighted by Gasteiger charge is -2.21. The summed E-state index contributed by atoms with van der Waals surface area (Å²) in [6, 6.07) is 16.7. The molecule has 162 valence electrons. The molecule has 0 heterocycles. The summed E-state index contributed by atoms with van der Waals surface area (Å²) >= 11 is 6.59. The number of ether oxygens (including phenoxy) is 1. The maximum atomic E-state index is 10.6. The lowest BCUT2D eigenvalue weighted by atomic mass is 9.91. The molecule has 0 saturated heterocycles. The Morgan fingerprint density at radius 1 is 1.10 bits per heavy atom. The predicted molar refractivity (Wildman–Crippen MR) is 125 cm³/mol. The lowest BCUT2D eigenvalue weighted by Crippen LogP contribution is -2.22. The fourth-order valence-electron chi connectivity index (χ4n) is 3.53. The van der Waals surface area contributed by atoms with Gasteiger partial charge in [0.2, 0.25) is 0 Å². The van der Waals surface area contributed by atoms with Gasteiger partial charge in [0.1, 0.15) is 5.75 Å². The largest absolute Gasteiger partial charge is 0.494 e. The zero-order chi connectivity index (χ0) is 20.5. The van der Waals surface area contributed by atoms with E-state index >= 15 is 0 Å². The van der Waals surface area contributed by atoms with Crippen LogP contribution in [0.4, 0.5) is 0 Å². The fourth-order valence-corrected chi connectivity index (χ4v) is 3.88. The van der Waals surface area contributed by atoms with Crippen LogP contribution in [0, 0.1) is 0 Å². The minimum atomic E-state index is -0.792. The quantitative estimate of drug-likeness (QED) is 0.446. The number of carboxylic acids is 1. The number of aryl methyl sites for hydroxylation is 2. The van der Waals surface area contributed by atoms with E-state index in [4.69, 9.17) is 21.4 Å². The van der Waals surface area contributed by atoms with E-state index in [9.17, 15) is 4.79 Å². The number of hydrogen-bond acceptors (Lipinski definition) is 3. The molecule has 2 N–H and O–H groups in total. The molecular formula is C24H29Cl2NO3. The predicted octanol–water partition coefficient (Wildman–Crippen LogP) is 5.47. The second-order valence-electron chi connectivity index (χ2n) is 7.35. The maximum Gasteiger partial charge on any atom is 0.304 e. The van der Waals surface area contributed by atoms with Crippen molar-refractivity contribution in [3.63, 3.8) is 0 Å². The molecule has 0 radical (unpaired) electrons. The molecule has 0 amide bonds. The van der Waals surface area contributed by atoms with Gasteiger partial charge in [-0.1, -0.05) is 41.9 Å². The number of rotatable bonds is 11. The Morgan fingerprint density at radius 2 is 1.90 bits per heavy atom. The van der Waals surface area contributed by atoms with Gasteiger partial charge in [-0.2, -0.15) is 0 Å². The van der Waals surface area contributed by atoms with Crippen LogP contribution in [0.1, 0.15) is 42.4 Å². The number of nitrogens with one attached hydrogen (secondary N) is 1. The van der Waals surface area contributed by atoms with Gasteiger partial charge < -0.3 is 15.2 Å². The molecule has 3 rings (SSSR count). The molecular weight excluding hydrogens is 421 g/mol. The zero-order valence-electron chi connectivity index (χ0n) is 17.0. The standard InChI is InChI=1S/C24H28ClNO3.ClH/c25-24-20(17-26-14-13-23(27)28)10-9-19-16-21(11-12-22(19)24)29-15-5-4-8-18-6-2-1-3-7-18;/h1-3,6-7,11-12,16,26H,4-5,8-10,13-15,17H2,(H,27,28);1H. The smallest absolute Gasteiger partial charge is 0.304 e. The summed E-state index contributed by atoms with van der Waals surface area (Å²) in [4.78, 5) is 10.6. The molecule has 4 nitrogen and oxygen atoms in total. The molecule has 6 heteroatoms. The van der Waals surface area contributed by atoms with Crippen LogP contribution in [0.25, 0.3) is 5.03 Å². The van der Waals surface area contributed by atoms with Crippen molar-refractivity contribution in [3.05, 3.63) is 70.8 Å². The molecule has 1 aliphatic rings. The van der Waals surface area contributed by atoms with Crippen LogP contribution in [-0.4, -0.2) is 30.8 Å². The van der Waals surface area contributed by atoms with Crippen molar-refractivity contribution < 1.29 is 14.6 Å². The van der Waals surface area contributed by atoms with Crippen LogP contribution < -0.4 is 10.1 Å². The third-order valence-electron chi connectivity index (χ3n) is 5.15. The van der Waals surface area contributed by atoms with Crippen molar-refractivity contribution in [2.24, 2.45) is 0 Å². The molecule has 2 aromatic carbocycles. The molecule has 0 fully saturated rings. The lowest BCUT2D eigenvalue weighted by molar-refractivity contribution is -0.136. The SMILES string of the molecule is Cl.O=C(O)CCNCC1=C(Cl)c2ccc(OCCCCc3ccccc3)cc2CC1. The number of carboxylic acid groups (broad SMARTS) is 1. The van der Waals surface area contributed by atoms with E-state index < -0.39 is 5.97 Å². The summed E-state index contributed by atoms with van der Waals surface area (Å²) in [6.45, 7) is 1.80. The number of aliphatic carboxylic acids is 1. The van der Waals surface area contributed by atoms with E-state index in [1.165, 1.54) is 11.1 Å². The first kappa shape index (κ1) is 24.3. The molecule has 0 aliphatic heterocycles. The highest BCUT2D eigenvalue weighted by molar-refractivity contribution is 6.49. The van der Waals surface area contributed by atoms with Gasteiger partial charge in [0.25, 0.3) is 0 Å². The first-order valence-electron chi connectivity index (χ1n) is 10.2. The zero-order valence-corrected chi connectivity index (χ0v) is 18.6. The van der Waals surface area contributed by atoms with Gasteiger partial charge in [0.15, 0.2) is 0 Å². The van der Waals surface area contributed by atoms with Crippen molar-refractivity contribution in [2.75, 3.05) is 19.7 Å². The second kappa shape index (κ2) is 12.6. The summed E-state index contributed by atoms with van der Waals surface area (Å²) in [6.07, 6.45) is 5.14. The Hall–Kier alpha value is -2.01. The van der Waals surface area contributed by atoms with Gasteiger partial charge in [-0.3, -0.25) is 4.79 Å². The van der Waals surface area contributed by atoms with Gasteiger partial charge in [0, 0.05) is 18.1 Å². The summed E-state index contributed by atoms with van der Waals surface area (Å²) < 4.78 is 5.95. The third kappa shape index (κ3) is 7.35. The van der Waals surface area contributed by atoms with Gasteiger partial charge in [-0.05, 0) is 72.6 Å². The number of fused-ring (bicyclic) bond motifs is 1. The van der Waals surface area contributed by atoms with E-state index in [0.29, 0.717) is 19.7 Å². The van der Waals surface area contributed by atoms with Crippen LogP contribution in [0.2, 0.25) is 0 Å². The van der Waals surface area contributed by atoms with E-state index in [0.717, 1.165) is 54.0 Å². The monoisotopic (exact) mass is 449 g/mol. The van der Waals surface area contributed by atoms with Crippen LogP contribution in [0.15, 0.2) is 54.1 Å². The minimum absolute atomic E-state index is 0. The Kier molecular flexibility index (Phi) is 10.2. The average molecular weight is 450 g/mol. The Labute approximate surface area is 189 Å². The molecule has 1 aliphatic carbocycles. The molecule has 0 spiro atoms. The number of benzene rings is 2. The highest BCUT2D eigenvalue weighted by atomic mass is 35.5. The molecule has 0 saturated carbocycles. The second-order valence-corrected chi connectivity index (χ2v) is 7.73. The van der Waals surface area contributed by atoms with E-state index in [1.807, 2.05) is 18.2 Å². The number of hydrogen-bond donors (Lipinski definition) is 2. The van der Waals surface area contributed by atoms with Crippen LogP contribution in [0.3, 0.4) is 0 Å². The minimum Gasteiger partial charge on any atom is -0.494 e. The van der Waals surface area contributed by atoms with Crippen LogP contribution >= 0.6 is 24.0 Å². The molecule has 30 heavy (non-hydrogen) atoms. The third-order valence-corrected chi connectivity index (χ3v) is 5.62. The van der Waals surface area contributed by atoms with Gasteiger partial charge in [-0.25, -0.2) is 0 Å². The average Bonchev–Trinajstić information content (AvgIpc) is 2.73. The van der Waals surface area contributed by atoms with Crippen LogP contribution in [-0.2, 0) is 17.6 Å². The first-order valence-corrected chi connectivity index (χ1v) is 10.6. The number of carbonyl (C=O) groups is 1. The number of halogens is 2. The van der Waals surface area contributed by atoms with Crippen LogP contribution in [0.5, 0.6) is 5.75 Å². The van der Waals surface area contributed by atoms with Crippen molar-refractivity contribution >= 4 is 35.0 Å². The summed E-state index contributed by atoms with van der Waals surface area (Å²) in [5.74, 6) is 0.107. The highest BCUT2D eigenvalue weighted by Gasteiger charge is 2.18. The molecule has 2 aromatic rings. The van der Waals surface area contributed by atoms with Gasteiger partial charge >= 0.3 is 5.97 Å². The topological polar surface area (TPSA) is 58.6 Å². The van der Waals surface area contributed by atoms with Crippen molar-refractivity contribution in [1.29, 1.82) is 0 Å². The fraction of sp³-hybridized carbons (Fsp3) is 0.375. The Morgan fingerprint density at radius 3 is 2.67 bits per heavy atom. The Balaban J connectivity index is 0.00000320. The van der Waals surface area contributed by atoms with E-state index in [-0.39, 0.29) is 18.8 Å². The van der Waals surface area contributed by atoms with Crippen molar-refractivity contribution in [1.82, 2.24) is 5.32 Å². The van der Waals surface area contributed by atoms with E-state index in [1.54, 1.807) is 0 Å². The molecule has 0 atom stereocenters. The normalized spacial score (nSPS) is 12.8. The summed E-state index contributed by atoms with van der Waals surface area (Å²) in [5, 5.41) is 12.7. The highest BCUT2D eigenvalue weighted by Crippen LogP contribution is 2.35. The summed E-state index contributed by atoms with van der Waals surface area (Å²) in [5.41, 5.74) is 4.78. The molecule has 0 aromatic heterocycles. The molecule has 0 bridgehead atoms. The van der Waals surface area contributed by atoms with Crippen molar-refractivity contribution in [2.45, 2.75) is 38.5 Å². The molecule has 0 unspecified atom stereocenters. The van der Waals surface area contributed by atoms with E-state index in [2.05, 4.69) is 35.6 Å². The van der Waals surface area contributed by atoms with Gasteiger partial charge in [0.05, 0.1) is 13.0 Å². The number of unbranched alkanes of at least 4 members (excludes halogenated alkanes) is 1. The first-order chi connectivity index (χ1) is 14.1.